The smallest absolute Gasteiger partial charge is 0.220 e. The van der Waals surface area contributed by atoms with E-state index in [1.807, 2.05) is 6.08 Å². The number of carbonyl (C=O) groups excluding carboxylic acids is 1. The number of aliphatic hydroxyl groups is 5. The van der Waals surface area contributed by atoms with Gasteiger partial charge in [-0.15, -0.1) is 0 Å². The molecule has 0 aromatic heterocycles. The first-order valence-electron chi connectivity index (χ1n) is 29.6. The van der Waals surface area contributed by atoms with Crippen LogP contribution in [-0.2, 0) is 14.3 Å². The molecule has 7 unspecified atom stereocenters. The van der Waals surface area contributed by atoms with Crippen molar-refractivity contribution in [3.63, 3.8) is 0 Å². The summed E-state index contributed by atoms with van der Waals surface area (Å²) >= 11 is 0. The zero-order valence-corrected chi connectivity index (χ0v) is 46.4. The summed E-state index contributed by atoms with van der Waals surface area (Å²) in [5.74, 6) is -0.209. The minimum absolute atomic E-state index is 0.209. The van der Waals surface area contributed by atoms with Crippen LogP contribution in [0.25, 0.3) is 0 Å². The highest BCUT2D eigenvalue weighted by molar-refractivity contribution is 5.76. The van der Waals surface area contributed by atoms with Crippen molar-refractivity contribution in [3.8, 4) is 0 Å². The van der Waals surface area contributed by atoms with Gasteiger partial charge in [0.2, 0.25) is 5.91 Å². The van der Waals surface area contributed by atoms with E-state index in [9.17, 15) is 30.3 Å². The highest BCUT2D eigenvalue weighted by Gasteiger charge is 2.44. The summed E-state index contributed by atoms with van der Waals surface area (Å²) in [6.45, 7) is 3.64. The molecule has 1 fully saturated rings. The summed E-state index contributed by atoms with van der Waals surface area (Å²) in [5.41, 5.74) is 0. The van der Waals surface area contributed by atoms with Gasteiger partial charge in [-0.1, -0.05) is 245 Å². The van der Waals surface area contributed by atoms with Gasteiger partial charge in [-0.3, -0.25) is 4.79 Å². The van der Waals surface area contributed by atoms with Crippen LogP contribution < -0.4 is 5.32 Å². The number of carbonyl (C=O) groups is 1. The number of hydrogen-bond acceptors (Lipinski definition) is 8. The fourth-order valence-corrected chi connectivity index (χ4v) is 8.68. The van der Waals surface area contributed by atoms with Crippen LogP contribution in [0.1, 0.15) is 232 Å². The van der Waals surface area contributed by atoms with Gasteiger partial charge in [0.25, 0.3) is 0 Å². The van der Waals surface area contributed by atoms with Gasteiger partial charge in [0, 0.05) is 6.42 Å². The number of aliphatic hydroxyl groups excluding tert-OH is 5. The average molecular weight is 1020 g/mol. The molecule has 0 spiro atoms. The predicted octanol–water partition coefficient (Wildman–Crippen LogP) is 15.0. The number of nitrogens with one attached hydrogen (secondary N) is 1. The van der Waals surface area contributed by atoms with Crippen molar-refractivity contribution < 1.29 is 39.8 Å². The summed E-state index contributed by atoms with van der Waals surface area (Å²) in [6.07, 6.45) is 70.1. The van der Waals surface area contributed by atoms with Crippen molar-refractivity contribution in [3.05, 3.63) is 109 Å². The Balaban J connectivity index is 2.29. The molecule has 7 atom stereocenters. The van der Waals surface area contributed by atoms with Crippen LogP contribution in [0.4, 0.5) is 0 Å². The minimum Gasteiger partial charge on any atom is -0.394 e. The second kappa shape index (κ2) is 52.3. The molecule has 9 heteroatoms. The first-order valence-corrected chi connectivity index (χ1v) is 29.6. The molecule has 1 amide bonds. The van der Waals surface area contributed by atoms with E-state index in [1.54, 1.807) is 6.08 Å². The molecule has 0 aromatic carbocycles. The molecule has 0 aromatic rings. The molecule has 0 saturated carbocycles. The SMILES string of the molecule is CC/C=C\C/C=C\C/C=C\C/C=C\C/C=C\C/C=C\C/C=C\CCCCCCCC(=O)NC(COC1OC(CO)C(O)C(O)C1O)C(O)/C=C/CC/C=C/CCCCCCCCCCCCCCCCCCC. The van der Waals surface area contributed by atoms with E-state index in [-0.39, 0.29) is 12.5 Å². The molecule has 418 valence electrons. The quantitative estimate of drug-likeness (QED) is 0.0261. The molecule has 1 aliphatic rings. The van der Waals surface area contributed by atoms with Gasteiger partial charge < -0.3 is 40.3 Å². The Hall–Kier alpha value is -3.15. The monoisotopic (exact) mass is 1020 g/mol. The third-order valence-corrected chi connectivity index (χ3v) is 13.3. The molecule has 9 nitrogen and oxygen atoms in total. The van der Waals surface area contributed by atoms with Crippen LogP contribution in [0.3, 0.4) is 0 Å². The van der Waals surface area contributed by atoms with E-state index in [0.717, 1.165) is 103 Å². The summed E-state index contributed by atoms with van der Waals surface area (Å²) in [7, 11) is 0. The van der Waals surface area contributed by atoms with Crippen LogP contribution in [0, 0.1) is 0 Å². The molecule has 0 radical (unpaired) electrons. The molecule has 1 aliphatic heterocycles. The second-order valence-electron chi connectivity index (χ2n) is 20.0. The van der Waals surface area contributed by atoms with Crippen LogP contribution in [0.5, 0.6) is 0 Å². The van der Waals surface area contributed by atoms with Crippen molar-refractivity contribution in [2.24, 2.45) is 0 Å². The van der Waals surface area contributed by atoms with Crippen molar-refractivity contribution >= 4 is 5.91 Å². The third-order valence-electron chi connectivity index (χ3n) is 13.3. The van der Waals surface area contributed by atoms with E-state index in [1.165, 1.54) is 109 Å². The van der Waals surface area contributed by atoms with Crippen molar-refractivity contribution in [1.82, 2.24) is 5.32 Å². The fourth-order valence-electron chi connectivity index (χ4n) is 8.68. The number of allylic oxidation sites excluding steroid dienone is 17. The average Bonchev–Trinajstić information content (AvgIpc) is 3.39. The molecular formula is C64H109NO8. The lowest BCUT2D eigenvalue weighted by Gasteiger charge is -2.40. The predicted molar refractivity (Wildman–Crippen MR) is 308 cm³/mol. The molecule has 73 heavy (non-hydrogen) atoms. The van der Waals surface area contributed by atoms with E-state index in [0.29, 0.717) is 6.42 Å². The summed E-state index contributed by atoms with van der Waals surface area (Å²) in [4.78, 5) is 13.1. The first-order chi connectivity index (χ1) is 35.8. The van der Waals surface area contributed by atoms with Crippen molar-refractivity contribution in [1.29, 1.82) is 0 Å². The van der Waals surface area contributed by atoms with Crippen LogP contribution in [0.15, 0.2) is 109 Å². The largest absolute Gasteiger partial charge is 0.394 e. The summed E-state index contributed by atoms with van der Waals surface area (Å²) in [5, 5.41) is 54.5. The second-order valence-corrected chi connectivity index (χ2v) is 20.0. The maximum atomic E-state index is 13.1. The Morgan fingerprint density at radius 2 is 0.863 bits per heavy atom. The topological polar surface area (TPSA) is 149 Å². The highest BCUT2D eigenvalue weighted by atomic mass is 16.7. The van der Waals surface area contributed by atoms with Gasteiger partial charge in [-0.05, 0) is 89.9 Å². The number of unbranched alkanes of at least 4 members (excludes halogenated alkanes) is 23. The van der Waals surface area contributed by atoms with Crippen LogP contribution in [0.2, 0.25) is 0 Å². The van der Waals surface area contributed by atoms with Crippen molar-refractivity contribution in [2.45, 2.75) is 275 Å². The number of rotatable bonds is 49. The molecule has 1 saturated heterocycles. The minimum atomic E-state index is -1.58. The number of hydrogen-bond donors (Lipinski definition) is 6. The highest BCUT2D eigenvalue weighted by Crippen LogP contribution is 2.23. The Kier molecular flexibility index (Phi) is 48.6. The third kappa shape index (κ3) is 41.7. The lowest BCUT2D eigenvalue weighted by Crippen LogP contribution is -2.60. The Morgan fingerprint density at radius 1 is 0.479 bits per heavy atom. The first kappa shape index (κ1) is 67.9. The van der Waals surface area contributed by atoms with Gasteiger partial charge in [0.05, 0.1) is 25.4 Å². The summed E-state index contributed by atoms with van der Waals surface area (Å²) in [6, 6.07) is -0.842. The molecule has 0 aliphatic carbocycles. The maximum Gasteiger partial charge on any atom is 0.220 e. The van der Waals surface area contributed by atoms with E-state index < -0.39 is 49.5 Å². The number of amides is 1. The Labute approximate surface area is 446 Å². The standard InChI is InChI=1S/C64H109NO8/c1-3-5-7-9-11-13-15-17-19-21-23-25-27-28-29-30-32-34-36-38-40-42-44-46-48-50-52-54-60(68)65-57(56-72-64-63(71)62(70)61(69)59(55-66)73-64)58(67)53-51-49-47-45-43-41-39-37-35-33-31-26-24-22-20-18-16-14-12-10-8-6-4-2/h5,7,11,13,17,19,23,25,28-29,32,34,38,40,43,45,51,53,57-59,61-64,66-67,69-71H,3-4,6,8-10,12,14-16,18,20-22,24,26-27,30-31,33,35-37,39,41-42,44,46-50,52,54-56H2,1-2H3,(H,65,68)/b7-5-,13-11-,19-17-,25-23-,29-28-,34-32-,40-38-,45-43+,53-51+. The Morgan fingerprint density at radius 3 is 1.32 bits per heavy atom. The normalized spacial score (nSPS) is 19.9. The van der Waals surface area contributed by atoms with Gasteiger partial charge in [0.1, 0.15) is 24.4 Å². The zero-order valence-electron chi connectivity index (χ0n) is 46.4. The molecule has 1 rings (SSSR count). The molecule has 6 N–H and O–H groups in total. The summed E-state index contributed by atoms with van der Waals surface area (Å²) < 4.78 is 11.3. The van der Waals surface area contributed by atoms with Gasteiger partial charge >= 0.3 is 0 Å². The van der Waals surface area contributed by atoms with E-state index in [4.69, 9.17) is 9.47 Å². The van der Waals surface area contributed by atoms with Crippen molar-refractivity contribution in [2.75, 3.05) is 13.2 Å². The molecular weight excluding hydrogens is 911 g/mol. The van der Waals surface area contributed by atoms with Gasteiger partial charge in [0.15, 0.2) is 6.29 Å². The van der Waals surface area contributed by atoms with Gasteiger partial charge in [-0.2, -0.15) is 0 Å². The lowest BCUT2D eigenvalue weighted by molar-refractivity contribution is -0.302. The lowest BCUT2D eigenvalue weighted by atomic mass is 9.99. The molecule has 1 heterocycles. The van der Waals surface area contributed by atoms with E-state index >= 15 is 0 Å². The van der Waals surface area contributed by atoms with E-state index in [2.05, 4.69) is 116 Å². The van der Waals surface area contributed by atoms with Crippen LogP contribution >= 0.6 is 0 Å². The number of ether oxygens (including phenoxy) is 2. The maximum absolute atomic E-state index is 13.1. The fraction of sp³-hybridized carbons (Fsp3) is 0.703. The van der Waals surface area contributed by atoms with Gasteiger partial charge in [-0.25, -0.2) is 0 Å². The zero-order chi connectivity index (χ0) is 52.9. The molecule has 0 bridgehead atoms. The Bertz CT molecular complexity index is 1510. The van der Waals surface area contributed by atoms with Crippen LogP contribution in [-0.4, -0.2) is 87.5 Å².